The lowest BCUT2D eigenvalue weighted by Gasteiger charge is -2.28. The highest BCUT2D eigenvalue weighted by Crippen LogP contribution is 2.34. The van der Waals surface area contributed by atoms with E-state index in [1.54, 1.807) is 14.2 Å². The first-order valence-electron chi connectivity index (χ1n) is 10.4. The fraction of sp³-hybridized carbons (Fsp3) is 0.500. The van der Waals surface area contributed by atoms with Crippen molar-refractivity contribution in [1.82, 2.24) is 4.90 Å². The number of para-hydroxylation sites is 1. The zero-order valence-electron chi connectivity index (χ0n) is 19.0. The van der Waals surface area contributed by atoms with Crippen molar-refractivity contribution in [2.75, 3.05) is 34.2 Å². The van der Waals surface area contributed by atoms with E-state index in [9.17, 15) is 5.11 Å². The van der Waals surface area contributed by atoms with Gasteiger partial charge in [0.05, 0.1) is 32.5 Å². The third-order valence-electron chi connectivity index (χ3n) is 4.90. The standard InChI is InChI=1S/C24H33NO6/c1-24(2,3)31-15-19(26)14-25(12-17-9-10-20-22(11-17)30-16-29-20)13-18-7-6-8-21(27-4)23(18)28-5/h6-11,19,26H,12-16H2,1-5H3/t19-/m1/s1. The molecule has 0 spiro atoms. The van der Waals surface area contributed by atoms with Crippen LogP contribution in [-0.4, -0.2) is 55.9 Å². The summed E-state index contributed by atoms with van der Waals surface area (Å²) in [6.07, 6.45) is -0.634. The number of aliphatic hydroxyl groups excluding tert-OH is 1. The molecule has 7 nitrogen and oxygen atoms in total. The number of methoxy groups -OCH3 is 2. The van der Waals surface area contributed by atoms with Gasteiger partial charge in [0.25, 0.3) is 0 Å². The molecule has 1 aliphatic rings. The molecule has 170 valence electrons. The molecule has 0 radical (unpaired) electrons. The van der Waals surface area contributed by atoms with Gasteiger partial charge >= 0.3 is 0 Å². The summed E-state index contributed by atoms with van der Waals surface area (Å²) in [6.45, 7) is 8.06. The molecule has 2 aromatic rings. The van der Waals surface area contributed by atoms with Crippen molar-refractivity contribution in [2.45, 2.75) is 45.6 Å². The average Bonchev–Trinajstić information content (AvgIpc) is 3.19. The lowest BCUT2D eigenvalue weighted by molar-refractivity contribution is -0.0573. The van der Waals surface area contributed by atoms with E-state index in [2.05, 4.69) is 4.90 Å². The van der Waals surface area contributed by atoms with E-state index in [0.717, 1.165) is 22.6 Å². The zero-order valence-corrected chi connectivity index (χ0v) is 19.0. The summed E-state index contributed by atoms with van der Waals surface area (Å²) < 4.78 is 27.7. The SMILES string of the molecule is COc1cccc(CN(Cc2ccc3c(c2)OCO3)C[C@@H](O)COC(C)(C)C)c1OC. The van der Waals surface area contributed by atoms with Crippen LogP contribution in [0.4, 0.5) is 0 Å². The Morgan fingerprint density at radius 3 is 2.52 bits per heavy atom. The minimum atomic E-state index is -0.634. The maximum Gasteiger partial charge on any atom is 0.231 e. The number of fused-ring (bicyclic) bond motifs is 1. The first-order chi connectivity index (χ1) is 14.8. The number of aliphatic hydroxyl groups is 1. The Kier molecular flexibility index (Phi) is 7.64. The summed E-state index contributed by atoms with van der Waals surface area (Å²) in [4.78, 5) is 2.16. The van der Waals surface area contributed by atoms with E-state index < -0.39 is 6.10 Å². The van der Waals surface area contributed by atoms with Gasteiger partial charge in [-0.25, -0.2) is 0 Å². The van der Waals surface area contributed by atoms with Gasteiger partial charge < -0.3 is 28.8 Å². The highest BCUT2D eigenvalue weighted by Gasteiger charge is 2.20. The van der Waals surface area contributed by atoms with Crippen LogP contribution in [0.1, 0.15) is 31.9 Å². The van der Waals surface area contributed by atoms with Gasteiger partial charge in [0.1, 0.15) is 0 Å². The number of ether oxygens (including phenoxy) is 5. The molecule has 3 rings (SSSR count). The summed E-state index contributed by atoms with van der Waals surface area (Å²) in [6, 6.07) is 11.7. The molecule has 0 fully saturated rings. The Labute approximate surface area is 184 Å². The lowest BCUT2D eigenvalue weighted by atomic mass is 10.1. The van der Waals surface area contributed by atoms with E-state index in [1.165, 1.54) is 0 Å². The Balaban J connectivity index is 1.78. The van der Waals surface area contributed by atoms with Crippen LogP contribution in [-0.2, 0) is 17.8 Å². The second-order valence-electron chi connectivity index (χ2n) is 8.59. The van der Waals surface area contributed by atoms with Crippen molar-refractivity contribution in [2.24, 2.45) is 0 Å². The molecule has 2 aromatic carbocycles. The quantitative estimate of drug-likeness (QED) is 0.616. The van der Waals surface area contributed by atoms with Gasteiger partial charge in [0.15, 0.2) is 23.0 Å². The van der Waals surface area contributed by atoms with Gasteiger partial charge in [-0.1, -0.05) is 18.2 Å². The molecule has 1 N–H and O–H groups in total. The Bertz CT molecular complexity index is 864. The number of hydrogen-bond acceptors (Lipinski definition) is 7. The van der Waals surface area contributed by atoms with Crippen molar-refractivity contribution in [3.63, 3.8) is 0 Å². The topological polar surface area (TPSA) is 69.6 Å². The van der Waals surface area contributed by atoms with E-state index >= 15 is 0 Å². The van der Waals surface area contributed by atoms with Crippen LogP contribution in [0, 0.1) is 0 Å². The molecule has 0 saturated heterocycles. The Morgan fingerprint density at radius 1 is 1.03 bits per heavy atom. The van der Waals surface area contributed by atoms with Gasteiger partial charge in [0.2, 0.25) is 6.79 Å². The van der Waals surface area contributed by atoms with E-state index in [0.29, 0.717) is 31.1 Å². The third-order valence-corrected chi connectivity index (χ3v) is 4.90. The Morgan fingerprint density at radius 2 is 1.81 bits per heavy atom. The minimum Gasteiger partial charge on any atom is -0.493 e. The number of benzene rings is 2. The number of nitrogens with zero attached hydrogens (tertiary/aromatic N) is 1. The summed E-state index contributed by atoms with van der Waals surface area (Å²) in [7, 11) is 3.26. The molecule has 0 bridgehead atoms. The molecule has 0 amide bonds. The van der Waals surface area contributed by atoms with Gasteiger partial charge in [-0.05, 0) is 44.5 Å². The largest absolute Gasteiger partial charge is 0.493 e. The third kappa shape index (κ3) is 6.50. The lowest BCUT2D eigenvalue weighted by Crippen LogP contribution is -2.36. The number of rotatable bonds is 10. The molecule has 7 heteroatoms. The maximum absolute atomic E-state index is 10.7. The highest BCUT2D eigenvalue weighted by atomic mass is 16.7. The van der Waals surface area contributed by atoms with Gasteiger partial charge in [-0.15, -0.1) is 0 Å². The van der Waals surface area contributed by atoms with Gasteiger partial charge in [-0.2, -0.15) is 0 Å². The van der Waals surface area contributed by atoms with E-state index in [-0.39, 0.29) is 19.0 Å². The first-order valence-corrected chi connectivity index (χ1v) is 10.4. The molecular weight excluding hydrogens is 398 g/mol. The van der Waals surface area contributed by atoms with Crippen LogP contribution in [0.5, 0.6) is 23.0 Å². The molecule has 1 aliphatic heterocycles. The predicted octanol–water partition coefficient (Wildman–Crippen LogP) is 3.61. The van der Waals surface area contributed by atoms with Crippen LogP contribution in [0.2, 0.25) is 0 Å². The average molecular weight is 432 g/mol. The van der Waals surface area contributed by atoms with Crippen LogP contribution in [0.15, 0.2) is 36.4 Å². The molecule has 0 aliphatic carbocycles. The van der Waals surface area contributed by atoms with Crippen molar-refractivity contribution in [1.29, 1.82) is 0 Å². The van der Waals surface area contributed by atoms with Crippen LogP contribution >= 0.6 is 0 Å². The molecule has 0 saturated carbocycles. The summed E-state index contributed by atoms with van der Waals surface area (Å²) >= 11 is 0. The van der Waals surface area contributed by atoms with E-state index in [4.69, 9.17) is 23.7 Å². The van der Waals surface area contributed by atoms with Crippen molar-refractivity contribution in [3.05, 3.63) is 47.5 Å². The zero-order chi connectivity index (χ0) is 22.4. The second-order valence-corrected chi connectivity index (χ2v) is 8.59. The molecule has 1 atom stereocenters. The first kappa shape index (κ1) is 23.2. The van der Waals surface area contributed by atoms with E-state index in [1.807, 2.05) is 57.2 Å². The fourth-order valence-electron chi connectivity index (χ4n) is 3.50. The maximum atomic E-state index is 10.7. The normalized spacial score (nSPS) is 14.0. The van der Waals surface area contributed by atoms with Crippen molar-refractivity contribution < 1.29 is 28.8 Å². The van der Waals surface area contributed by atoms with Crippen LogP contribution in [0.3, 0.4) is 0 Å². The molecular formula is C24H33NO6. The second kappa shape index (κ2) is 10.2. The van der Waals surface area contributed by atoms with Crippen molar-refractivity contribution in [3.8, 4) is 23.0 Å². The fourth-order valence-corrected chi connectivity index (χ4v) is 3.50. The highest BCUT2D eigenvalue weighted by molar-refractivity contribution is 5.47. The molecule has 0 aromatic heterocycles. The van der Waals surface area contributed by atoms with Crippen LogP contribution < -0.4 is 18.9 Å². The Hall–Kier alpha value is -2.48. The number of hydrogen-bond donors (Lipinski definition) is 1. The smallest absolute Gasteiger partial charge is 0.231 e. The molecule has 31 heavy (non-hydrogen) atoms. The predicted molar refractivity (Wildman–Crippen MR) is 118 cm³/mol. The molecule has 0 unspecified atom stereocenters. The van der Waals surface area contributed by atoms with Gasteiger partial charge in [0, 0.05) is 25.2 Å². The van der Waals surface area contributed by atoms with Crippen LogP contribution in [0.25, 0.3) is 0 Å². The summed E-state index contributed by atoms with van der Waals surface area (Å²) in [5, 5.41) is 10.7. The minimum absolute atomic E-state index is 0.242. The monoisotopic (exact) mass is 431 g/mol. The molecule has 1 heterocycles. The van der Waals surface area contributed by atoms with Crippen molar-refractivity contribution >= 4 is 0 Å². The summed E-state index contributed by atoms with van der Waals surface area (Å²) in [5.74, 6) is 2.87. The summed E-state index contributed by atoms with van der Waals surface area (Å²) in [5.41, 5.74) is 1.74. The van der Waals surface area contributed by atoms with Gasteiger partial charge in [-0.3, -0.25) is 4.90 Å².